The Labute approximate surface area is 110 Å². The van der Waals surface area contributed by atoms with Gasteiger partial charge in [0.05, 0.1) is 11.9 Å². The minimum atomic E-state index is -0.103. The molecule has 17 heavy (non-hydrogen) atoms. The smallest absolute Gasteiger partial charge is 0.282 e. The van der Waals surface area contributed by atoms with Crippen molar-refractivity contribution in [2.24, 2.45) is 12.5 Å². The van der Waals surface area contributed by atoms with Crippen molar-refractivity contribution in [1.29, 1.82) is 0 Å². The number of halogens is 1. The van der Waals surface area contributed by atoms with Crippen molar-refractivity contribution in [3.05, 3.63) is 21.0 Å². The minimum absolute atomic E-state index is 0.103. The van der Waals surface area contributed by atoms with Crippen LogP contribution in [0.5, 0.6) is 0 Å². The third kappa shape index (κ3) is 2.39. The van der Waals surface area contributed by atoms with Gasteiger partial charge in [0.2, 0.25) is 0 Å². The highest BCUT2D eigenvalue weighted by Gasteiger charge is 2.34. The van der Waals surface area contributed by atoms with Crippen LogP contribution in [-0.2, 0) is 7.05 Å². The Kier molecular flexibility index (Phi) is 3.56. The monoisotopic (exact) mass is 299 g/mol. The normalized spacial score (nSPS) is 17.6. The van der Waals surface area contributed by atoms with Crippen molar-refractivity contribution >= 4 is 21.6 Å². The SMILES string of the molecule is CCC1(CNc2cnn(C)c(=O)c2Br)CCC1. The number of rotatable bonds is 4. The number of nitrogens with one attached hydrogen (secondary N) is 1. The second-order valence-corrected chi connectivity index (χ2v) is 5.65. The summed E-state index contributed by atoms with van der Waals surface area (Å²) in [5, 5.41) is 7.37. The summed E-state index contributed by atoms with van der Waals surface area (Å²) in [5.41, 5.74) is 1.13. The van der Waals surface area contributed by atoms with E-state index in [0.29, 0.717) is 9.89 Å². The van der Waals surface area contributed by atoms with Gasteiger partial charge in [-0.15, -0.1) is 0 Å². The number of hydrogen-bond donors (Lipinski definition) is 1. The second-order valence-electron chi connectivity index (χ2n) is 4.86. The van der Waals surface area contributed by atoms with E-state index in [-0.39, 0.29) is 5.56 Å². The predicted octanol–water partition coefficient (Wildman–Crippen LogP) is 2.54. The third-order valence-corrected chi connectivity index (χ3v) is 4.66. The van der Waals surface area contributed by atoms with Crippen LogP contribution in [-0.4, -0.2) is 16.3 Å². The van der Waals surface area contributed by atoms with Gasteiger partial charge >= 0.3 is 0 Å². The van der Waals surface area contributed by atoms with Gasteiger partial charge in [0.25, 0.3) is 5.56 Å². The molecule has 1 aromatic rings. The van der Waals surface area contributed by atoms with Crippen LogP contribution in [0.25, 0.3) is 0 Å². The molecule has 0 aliphatic heterocycles. The van der Waals surface area contributed by atoms with Crippen LogP contribution in [0.3, 0.4) is 0 Å². The quantitative estimate of drug-likeness (QED) is 0.929. The highest BCUT2D eigenvalue weighted by molar-refractivity contribution is 9.10. The molecule has 0 bridgehead atoms. The summed E-state index contributed by atoms with van der Waals surface area (Å²) in [5.74, 6) is 0. The Morgan fingerprint density at radius 3 is 2.82 bits per heavy atom. The minimum Gasteiger partial charge on any atom is -0.382 e. The average molecular weight is 300 g/mol. The van der Waals surface area contributed by atoms with Crippen molar-refractivity contribution in [3.8, 4) is 0 Å². The molecule has 5 heteroatoms. The van der Waals surface area contributed by atoms with E-state index in [1.807, 2.05) is 0 Å². The summed E-state index contributed by atoms with van der Waals surface area (Å²) in [4.78, 5) is 11.7. The molecule has 2 rings (SSSR count). The standard InChI is InChI=1S/C12H18BrN3O/c1-3-12(5-4-6-12)8-14-9-7-15-16(2)11(17)10(9)13/h7,14H,3-6,8H2,1-2H3. The Hall–Kier alpha value is -0.840. The van der Waals surface area contributed by atoms with Crippen LogP contribution in [0.2, 0.25) is 0 Å². The highest BCUT2D eigenvalue weighted by atomic mass is 79.9. The first-order valence-corrected chi connectivity index (χ1v) is 6.83. The first-order valence-electron chi connectivity index (χ1n) is 6.04. The van der Waals surface area contributed by atoms with E-state index in [1.165, 1.54) is 30.4 Å². The van der Waals surface area contributed by atoms with E-state index < -0.39 is 0 Å². The van der Waals surface area contributed by atoms with Gasteiger partial charge in [0, 0.05) is 13.6 Å². The lowest BCUT2D eigenvalue weighted by Gasteiger charge is -2.41. The molecule has 1 fully saturated rings. The summed E-state index contributed by atoms with van der Waals surface area (Å²) in [6, 6.07) is 0. The third-order valence-electron chi connectivity index (χ3n) is 3.90. The van der Waals surface area contributed by atoms with Gasteiger partial charge < -0.3 is 5.32 Å². The van der Waals surface area contributed by atoms with Crippen LogP contribution in [0, 0.1) is 5.41 Å². The van der Waals surface area contributed by atoms with Gasteiger partial charge in [-0.3, -0.25) is 4.79 Å². The fraction of sp³-hybridized carbons (Fsp3) is 0.667. The van der Waals surface area contributed by atoms with Crippen molar-refractivity contribution in [2.45, 2.75) is 32.6 Å². The van der Waals surface area contributed by atoms with E-state index in [1.54, 1.807) is 13.2 Å². The molecule has 0 atom stereocenters. The van der Waals surface area contributed by atoms with E-state index >= 15 is 0 Å². The molecular weight excluding hydrogens is 282 g/mol. The predicted molar refractivity (Wildman–Crippen MR) is 72.2 cm³/mol. The van der Waals surface area contributed by atoms with Crippen LogP contribution < -0.4 is 10.9 Å². The Morgan fingerprint density at radius 2 is 2.29 bits per heavy atom. The molecule has 0 unspecified atom stereocenters. The molecule has 0 saturated heterocycles. The molecule has 1 N–H and O–H groups in total. The molecule has 1 aliphatic carbocycles. The molecule has 0 spiro atoms. The fourth-order valence-electron chi connectivity index (χ4n) is 2.25. The van der Waals surface area contributed by atoms with E-state index in [2.05, 4.69) is 33.3 Å². The summed E-state index contributed by atoms with van der Waals surface area (Å²) in [6.07, 6.45) is 6.79. The van der Waals surface area contributed by atoms with Crippen LogP contribution in [0.1, 0.15) is 32.6 Å². The molecule has 0 aromatic carbocycles. The first kappa shape index (κ1) is 12.6. The zero-order valence-electron chi connectivity index (χ0n) is 10.3. The molecule has 94 valence electrons. The molecular formula is C12H18BrN3O. The van der Waals surface area contributed by atoms with E-state index in [4.69, 9.17) is 0 Å². The van der Waals surface area contributed by atoms with Gasteiger partial charge in [-0.05, 0) is 40.6 Å². The summed E-state index contributed by atoms with van der Waals surface area (Å²) in [6.45, 7) is 3.16. The Balaban J connectivity index is 2.09. The van der Waals surface area contributed by atoms with Gasteiger partial charge in [-0.2, -0.15) is 5.10 Å². The lowest BCUT2D eigenvalue weighted by molar-refractivity contribution is 0.145. The topological polar surface area (TPSA) is 46.9 Å². The molecule has 0 radical (unpaired) electrons. The highest BCUT2D eigenvalue weighted by Crippen LogP contribution is 2.43. The van der Waals surface area contributed by atoms with E-state index in [0.717, 1.165) is 12.2 Å². The van der Waals surface area contributed by atoms with Gasteiger partial charge in [0.1, 0.15) is 4.47 Å². The molecule has 1 aromatic heterocycles. The molecule has 1 aliphatic rings. The zero-order valence-corrected chi connectivity index (χ0v) is 11.9. The summed E-state index contributed by atoms with van der Waals surface area (Å²) < 4.78 is 1.90. The maximum absolute atomic E-state index is 11.7. The lowest BCUT2D eigenvalue weighted by atomic mass is 9.67. The van der Waals surface area contributed by atoms with Crippen LogP contribution >= 0.6 is 15.9 Å². The Morgan fingerprint density at radius 1 is 1.59 bits per heavy atom. The van der Waals surface area contributed by atoms with Crippen molar-refractivity contribution in [3.63, 3.8) is 0 Å². The molecule has 1 heterocycles. The van der Waals surface area contributed by atoms with E-state index in [9.17, 15) is 4.79 Å². The second kappa shape index (κ2) is 4.80. The van der Waals surface area contributed by atoms with Gasteiger partial charge in [0.15, 0.2) is 0 Å². The number of anilines is 1. The molecule has 4 nitrogen and oxygen atoms in total. The summed E-state index contributed by atoms with van der Waals surface area (Å²) >= 11 is 3.32. The fourth-order valence-corrected chi connectivity index (χ4v) is 2.75. The van der Waals surface area contributed by atoms with Crippen LogP contribution in [0.4, 0.5) is 5.69 Å². The lowest BCUT2D eigenvalue weighted by Crippen LogP contribution is -2.36. The maximum Gasteiger partial charge on any atom is 0.282 e. The maximum atomic E-state index is 11.7. The molecule has 0 amide bonds. The van der Waals surface area contributed by atoms with Gasteiger partial charge in [-0.1, -0.05) is 13.3 Å². The average Bonchev–Trinajstić information content (AvgIpc) is 2.28. The number of aromatic nitrogens is 2. The number of aryl methyl sites for hydroxylation is 1. The number of nitrogens with zero attached hydrogens (tertiary/aromatic N) is 2. The molecule has 1 saturated carbocycles. The number of hydrogen-bond acceptors (Lipinski definition) is 3. The summed E-state index contributed by atoms with van der Waals surface area (Å²) in [7, 11) is 1.65. The van der Waals surface area contributed by atoms with Crippen molar-refractivity contribution in [2.75, 3.05) is 11.9 Å². The van der Waals surface area contributed by atoms with Gasteiger partial charge in [-0.25, -0.2) is 4.68 Å². The van der Waals surface area contributed by atoms with Crippen molar-refractivity contribution < 1.29 is 0 Å². The first-order chi connectivity index (χ1) is 8.08. The largest absolute Gasteiger partial charge is 0.382 e. The van der Waals surface area contributed by atoms with Crippen molar-refractivity contribution in [1.82, 2.24) is 9.78 Å². The van der Waals surface area contributed by atoms with Crippen LogP contribution in [0.15, 0.2) is 15.5 Å². The Bertz CT molecular complexity index is 460. The zero-order chi connectivity index (χ0) is 12.5.